The Labute approximate surface area is 214 Å². The highest BCUT2D eigenvalue weighted by Crippen LogP contribution is 2.49. The van der Waals surface area contributed by atoms with Crippen LogP contribution in [0.2, 0.25) is 10.0 Å². The molecule has 0 fully saturated rings. The lowest BCUT2D eigenvalue weighted by atomic mass is 9.93. The van der Waals surface area contributed by atoms with E-state index in [9.17, 15) is 14.9 Å². The van der Waals surface area contributed by atoms with Crippen molar-refractivity contribution in [2.24, 2.45) is 4.99 Å². The topological polar surface area (TPSA) is 106 Å². The number of anilines is 2. The first kappa shape index (κ1) is 22.3. The van der Waals surface area contributed by atoms with Crippen LogP contribution < -0.4 is 10.2 Å². The van der Waals surface area contributed by atoms with E-state index in [0.29, 0.717) is 38.5 Å². The molecule has 1 aromatic heterocycles. The summed E-state index contributed by atoms with van der Waals surface area (Å²) in [5.74, 6) is 0.227. The van der Waals surface area contributed by atoms with E-state index in [1.54, 1.807) is 28.9 Å². The van der Waals surface area contributed by atoms with E-state index in [1.165, 1.54) is 12.1 Å². The Kier molecular flexibility index (Phi) is 5.06. The summed E-state index contributed by atoms with van der Waals surface area (Å²) in [6.45, 7) is 1.85. The van der Waals surface area contributed by atoms with Crippen molar-refractivity contribution in [2.75, 3.05) is 10.2 Å². The fraction of sp³-hybridized carbons (Fsp3) is 0.0800. The molecule has 1 N–H and O–H groups in total. The molecule has 1 amide bonds. The molecular weight excluding hydrogens is 503 g/mol. The second kappa shape index (κ2) is 8.18. The van der Waals surface area contributed by atoms with E-state index in [0.717, 1.165) is 11.3 Å². The number of hydrogen-bond donors (Lipinski definition) is 1. The van der Waals surface area contributed by atoms with Crippen molar-refractivity contribution in [1.29, 1.82) is 0 Å². The molecule has 178 valence electrons. The molecule has 0 aliphatic carbocycles. The molecule has 0 saturated heterocycles. The van der Waals surface area contributed by atoms with Crippen molar-refractivity contribution in [3.63, 3.8) is 0 Å². The van der Waals surface area contributed by atoms with E-state index in [2.05, 4.69) is 5.32 Å². The van der Waals surface area contributed by atoms with Crippen molar-refractivity contribution >= 4 is 57.8 Å². The largest absolute Gasteiger partial charge is 0.317 e. The highest BCUT2D eigenvalue weighted by Gasteiger charge is 2.43. The Balaban J connectivity index is 1.64. The number of nitrogens with one attached hydrogen (secondary N) is 1. The van der Waals surface area contributed by atoms with Gasteiger partial charge in [-0.15, -0.1) is 0 Å². The Morgan fingerprint density at radius 3 is 2.53 bits per heavy atom. The van der Waals surface area contributed by atoms with Gasteiger partial charge in [0.2, 0.25) is 5.84 Å². The highest BCUT2D eigenvalue weighted by atomic mass is 35.5. The normalized spacial score (nSPS) is 16.0. The Morgan fingerprint density at radius 2 is 1.78 bits per heavy atom. The number of carbonyl (C=O) groups excluding carboxylic acids is 1. The number of nitro benzene ring substituents is 1. The maximum Gasteiger partial charge on any atom is 0.291 e. The van der Waals surface area contributed by atoms with Gasteiger partial charge in [0.15, 0.2) is 5.82 Å². The van der Waals surface area contributed by atoms with Gasteiger partial charge in [-0.3, -0.25) is 14.9 Å². The zero-order valence-corrected chi connectivity index (χ0v) is 20.2. The molecule has 2 aliphatic heterocycles. The van der Waals surface area contributed by atoms with Crippen LogP contribution in [0.15, 0.2) is 71.7 Å². The van der Waals surface area contributed by atoms with Crippen LogP contribution in [0.25, 0.3) is 5.69 Å². The van der Waals surface area contributed by atoms with Crippen LogP contribution in [0.1, 0.15) is 22.9 Å². The maximum absolute atomic E-state index is 13.3. The first-order valence-electron chi connectivity index (χ1n) is 10.9. The van der Waals surface area contributed by atoms with Gasteiger partial charge >= 0.3 is 0 Å². The minimum Gasteiger partial charge on any atom is -0.317 e. The van der Waals surface area contributed by atoms with Gasteiger partial charge in [-0.2, -0.15) is 5.10 Å². The molecule has 0 saturated carbocycles. The van der Waals surface area contributed by atoms with Gasteiger partial charge in [0.25, 0.3) is 11.6 Å². The van der Waals surface area contributed by atoms with Gasteiger partial charge in [-0.1, -0.05) is 47.5 Å². The van der Waals surface area contributed by atoms with E-state index in [4.69, 9.17) is 33.3 Å². The smallest absolute Gasteiger partial charge is 0.291 e. The molecule has 0 unspecified atom stereocenters. The molecule has 6 rings (SSSR count). The van der Waals surface area contributed by atoms with Gasteiger partial charge in [0.1, 0.15) is 0 Å². The quantitative estimate of drug-likeness (QED) is 0.265. The molecule has 0 spiro atoms. The molecule has 2 aliphatic rings. The summed E-state index contributed by atoms with van der Waals surface area (Å²) in [6.07, 6.45) is 0. The number of halogens is 2. The van der Waals surface area contributed by atoms with Crippen molar-refractivity contribution < 1.29 is 9.72 Å². The van der Waals surface area contributed by atoms with Crippen molar-refractivity contribution in [3.05, 3.63) is 104 Å². The average molecular weight is 519 g/mol. The monoisotopic (exact) mass is 518 g/mol. The number of aliphatic imine (C=N–C) groups is 1. The standard InChI is InChI=1S/C25H16Cl2N6O3/c1-13-20-22(16-5-4-6-17(26)21(16)27)31-19-8-3-2-7-18(19)28-25(34)24(31)29-23(20)32(30-13)14-9-11-15(12-10-14)33(35)36/h2-12,22H,1H3,(H,28,34)/t22-/m0/s1. The summed E-state index contributed by atoms with van der Waals surface area (Å²) in [4.78, 5) is 30.5. The van der Waals surface area contributed by atoms with Gasteiger partial charge < -0.3 is 10.2 Å². The number of aromatic nitrogens is 2. The number of amidine groups is 1. The van der Waals surface area contributed by atoms with Crippen LogP contribution in [-0.4, -0.2) is 26.4 Å². The molecule has 0 radical (unpaired) electrons. The fourth-order valence-corrected chi connectivity index (χ4v) is 5.07. The summed E-state index contributed by atoms with van der Waals surface area (Å²) in [5, 5.41) is 19.5. The third-order valence-electron chi connectivity index (χ3n) is 6.25. The summed E-state index contributed by atoms with van der Waals surface area (Å²) in [5.41, 5.74) is 4.02. The number of nitrogens with zero attached hydrogens (tertiary/aromatic N) is 5. The van der Waals surface area contributed by atoms with E-state index in [1.807, 2.05) is 42.2 Å². The van der Waals surface area contributed by atoms with Crippen LogP contribution in [0.5, 0.6) is 0 Å². The number of hydrogen-bond acceptors (Lipinski definition) is 6. The Morgan fingerprint density at radius 1 is 1.03 bits per heavy atom. The molecule has 3 aromatic carbocycles. The molecule has 4 aromatic rings. The number of non-ortho nitro benzene ring substituents is 1. The number of aryl methyl sites for hydroxylation is 1. The number of fused-ring (bicyclic) bond motifs is 4. The molecule has 11 heteroatoms. The van der Waals surface area contributed by atoms with Crippen LogP contribution in [-0.2, 0) is 4.79 Å². The number of para-hydroxylation sites is 2. The fourth-order valence-electron chi connectivity index (χ4n) is 4.66. The first-order valence-corrected chi connectivity index (χ1v) is 11.7. The van der Waals surface area contributed by atoms with Crippen molar-refractivity contribution in [3.8, 4) is 5.69 Å². The predicted molar refractivity (Wildman–Crippen MR) is 138 cm³/mol. The highest BCUT2D eigenvalue weighted by molar-refractivity contribution is 6.50. The van der Waals surface area contributed by atoms with Gasteiger partial charge in [0.05, 0.1) is 43.8 Å². The Hall–Kier alpha value is -4.21. The summed E-state index contributed by atoms with van der Waals surface area (Å²) < 4.78 is 1.58. The van der Waals surface area contributed by atoms with Gasteiger partial charge in [0, 0.05) is 17.7 Å². The number of benzene rings is 3. The number of rotatable bonds is 3. The van der Waals surface area contributed by atoms with E-state index in [-0.39, 0.29) is 17.4 Å². The van der Waals surface area contributed by atoms with Gasteiger partial charge in [-0.25, -0.2) is 9.67 Å². The molecule has 1 atom stereocenters. The second-order valence-electron chi connectivity index (χ2n) is 8.33. The third-order valence-corrected chi connectivity index (χ3v) is 7.08. The zero-order chi connectivity index (χ0) is 25.1. The SMILES string of the molecule is Cc1nn(-c2ccc([N+](=O)[O-])cc2)c2c1[C@H](c1cccc(Cl)c1Cl)N1C(=N2)C(=O)Nc2ccccc21. The summed E-state index contributed by atoms with van der Waals surface area (Å²) in [7, 11) is 0. The number of nitro groups is 1. The van der Waals surface area contributed by atoms with Crippen LogP contribution in [0.4, 0.5) is 22.9 Å². The van der Waals surface area contributed by atoms with E-state index >= 15 is 0 Å². The lowest BCUT2D eigenvalue weighted by Crippen LogP contribution is -2.48. The van der Waals surface area contributed by atoms with Crippen LogP contribution >= 0.6 is 23.2 Å². The van der Waals surface area contributed by atoms with Crippen LogP contribution in [0, 0.1) is 17.0 Å². The number of amides is 1. The maximum atomic E-state index is 13.3. The van der Waals surface area contributed by atoms with Crippen molar-refractivity contribution in [1.82, 2.24) is 9.78 Å². The summed E-state index contributed by atoms with van der Waals surface area (Å²) in [6, 6.07) is 18.2. The minimum atomic E-state index is -0.558. The molecular formula is C25H16Cl2N6O3. The predicted octanol–water partition coefficient (Wildman–Crippen LogP) is 5.99. The first-order chi connectivity index (χ1) is 17.3. The Bertz CT molecular complexity index is 1610. The van der Waals surface area contributed by atoms with Crippen LogP contribution in [0.3, 0.4) is 0 Å². The molecule has 0 bridgehead atoms. The molecule has 9 nitrogen and oxygen atoms in total. The average Bonchev–Trinajstić information content (AvgIpc) is 3.21. The van der Waals surface area contributed by atoms with E-state index < -0.39 is 11.0 Å². The lowest BCUT2D eigenvalue weighted by Gasteiger charge is -2.40. The van der Waals surface area contributed by atoms with Gasteiger partial charge in [-0.05, 0) is 42.8 Å². The van der Waals surface area contributed by atoms with Crippen molar-refractivity contribution in [2.45, 2.75) is 13.0 Å². The molecule has 3 heterocycles. The molecule has 36 heavy (non-hydrogen) atoms. The zero-order valence-electron chi connectivity index (χ0n) is 18.6. The number of carbonyl (C=O) groups is 1. The second-order valence-corrected chi connectivity index (χ2v) is 9.12. The minimum absolute atomic E-state index is 0.0409. The lowest BCUT2D eigenvalue weighted by molar-refractivity contribution is -0.384. The summed E-state index contributed by atoms with van der Waals surface area (Å²) >= 11 is 13.1. The third kappa shape index (κ3) is 3.28.